The van der Waals surface area contributed by atoms with Gasteiger partial charge < -0.3 is 5.32 Å². The molecule has 0 aliphatic carbocycles. The Bertz CT molecular complexity index is 511. The summed E-state index contributed by atoms with van der Waals surface area (Å²) in [5.74, 6) is 1.37. The van der Waals surface area contributed by atoms with Crippen LogP contribution in [0, 0.1) is 6.92 Å². The number of anilines is 2. The van der Waals surface area contributed by atoms with E-state index in [1.54, 1.807) is 17.8 Å². The molecule has 0 aliphatic rings. The summed E-state index contributed by atoms with van der Waals surface area (Å²) in [7, 11) is 0. The van der Waals surface area contributed by atoms with E-state index >= 15 is 0 Å². The van der Waals surface area contributed by atoms with Crippen LogP contribution in [0.3, 0.4) is 0 Å². The average molecular weight is 266 g/mol. The molecule has 2 aromatic rings. The van der Waals surface area contributed by atoms with E-state index in [1.807, 2.05) is 31.4 Å². The molecule has 0 unspecified atom stereocenters. The maximum atomic E-state index is 5.89. The molecule has 1 heterocycles. The molecule has 0 bridgehead atoms. The van der Waals surface area contributed by atoms with E-state index in [0.717, 1.165) is 5.69 Å². The number of aryl methyl sites for hydroxylation is 1. The molecule has 88 valence electrons. The molecular weight excluding hydrogens is 254 g/mol. The summed E-state index contributed by atoms with van der Waals surface area (Å²) in [6.07, 6.45) is 2.04. The second kappa shape index (κ2) is 5.38. The number of nitrogens with one attached hydrogen (secondary N) is 1. The van der Waals surface area contributed by atoms with Crippen molar-refractivity contribution in [3.63, 3.8) is 0 Å². The van der Waals surface area contributed by atoms with Crippen molar-refractivity contribution in [1.29, 1.82) is 0 Å². The lowest BCUT2D eigenvalue weighted by molar-refractivity contribution is 1.06. The van der Waals surface area contributed by atoms with Gasteiger partial charge in [0.05, 0.1) is 5.69 Å². The normalized spacial score (nSPS) is 10.3. The second-order valence-corrected chi connectivity index (χ2v) is 4.68. The highest BCUT2D eigenvalue weighted by molar-refractivity contribution is 7.98. The molecule has 0 saturated carbocycles. The summed E-state index contributed by atoms with van der Waals surface area (Å²) >= 11 is 7.58. The van der Waals surface area contributed by atoms with Gasteiger partial charge >= 0.3 is 0 Å². The van der Waals surface area contributed by atoms with Gasteiger partial charge in [-0.15, -0.1) is 11.8 Å². The summed E-state index contributed by atoms with van der Waals surface area (Å²) in [5, 5.41) is 3.69. The fourth-order valence-electron chi connectivity index (χ4n) is 1.48. The number of hydrogen-bond donors (Lipinski definition) is 1. The first-order valence-electron chi connectivity index (χ1n) is 5.10. The summed E-state index contributed by atoms with van der Waals surface area (Å²) < 4.78 is 0. The van der Waals surface area contributed by atoms with Crippen LogP contribution in [0.5, 0.6) is 0 Å². The highest BCUT2D eigenvalue weighted by Crippen LogP contribution is 2.27. The summed E-state index contributed by atoms with van der Waals surface area (Å²) in [6.45, 7) is 1.82. The molecule has 0 atom stereocenters. The fourth-order valence-corrected chi connectivity index (χ4v) is 2.26. The zero-order chi connectivity index (χ0) is 12.3. The quantitative estimate of drug-likeness (QED) is 0.675. The first-order valence-corrected chi connectivity index (χ1v) is 6.70. The SMILES string of the molecule is CSc1ccccc1Nc1cc(Cl)nc(C)n1. The zero-order valence-electron chi connectivity index (χ0n) is 9.57. The maximum absolute atomic E-state index is 5.89. The van der Waals surface area contributed by atoms with Gasteiger partial charge in [0.2, 0.25) is 0 Å². The number of aromatic nitrogens is 2. The molecule has 0 radical (unpaired) electrons. The predicted octanol–water partition coefficient (Wildman–Crippen LogP) is 3.90. The number of para-hydroxylation sites is 1. The highest BCUT2D eigenvalue weighted by atomic mass is 35.5. The van der Waals surface area contributed by atoms with Gasteiger partial charge in [-0.1, -0.05) is 23.7 Å². The van der Waals surface area contributed by atoms with Gasteiger partial charge in [0, 0.05) is 11.0 Å². The first kappa shape index (κ1) is 12.2. The van der Waals surface area contributed by atoms with E-state index in [-0.39, 0.29) is 0 Å². The molecule has 1 N–H and O–H groups in total. The molecule has 0 aliphatic heterocycles. The molecular formula is C12H12ClN3S. The smallest absolute Gasteiger partial charge is 0.135 e. The molecule has 1 aromatic heterocycles. The molecule has 5 heteroatoms. The van der Waals surface area contributed by atoms with Crippen molar-refractivity contribution < 1.29 is 0 Å². The van der Waals surface area contributed by atoms with Crippen LogP contribution in [0.2, 0.25) is 5.15 Å². The van der Waals surface area contributed by atoms with Gasteiger partial charge in [-0.2, -0.15) is 0 Å². The standard InChI is InChI=1S/C12H12ClN3S/c1-8-14-11(13)7-12(15-8)16-9-5-3-4-6-10(9)17-2/h3-7H,1-2H3,(H,14,15,16). The van der Waals surface area contributed by atoms with E-state index in [2.05, 4.69) is 21.4 Å². The lowest BCUT2D eigenvalue weighted by atomic mass is 10.3. The van der Waals surface area contributed by atoms with Crippen LogP contribution < -0.4 is 5.32 Å². The molecule has 0 spiro atoms. The van der Waals surface area contributed by atoms with Gasteiger partial charge in [0.15, 0.2) is 0 Å². The Balaban J connectivity index is 2.31. The van der Waals surface area contributed by atoms with Crippen LogP contribution >= 0.6 is 23.4 Å². The number of benzene rings is 1. The molecule has 0 saturated heterocycles. The second-order valence-electron chi connectivity index (χ2n) is 3.45. The predicted molar refractivity (Wildman–Crippen MR) is 73.3 cm³/mol. The van der Waals surface area contributed by atoms with Crippen molar-refractivity contribution in [3.05, 3.63) is 41.3 Å². The average Bonchev–Trinajstić information content (AvgIpc) is 2.28. The Kier molecular flexibility index (Phi) is 3.86. The molecule has 17 heavy (non-hydrogen) atoms. The van der Waals surface area contributed by atoms with Gasteiger partial charge in [0.25, 0.3) is 0 Å². The minimum absolute atomic E-state index is 0.446. The third-order valence-electron chi connectivity index (χ3n) is 2.18. The number of thioether (sulfide) groups is 1. The summed E-state index contributed by atoms with van der Waals surface area (Å²) in [6, 6.07) is 9.78. The number of hydrogen-bond acceptors (Lipinski definition) is 4. The van der Waals surface area contributed by atoms with Crippen molar-refractivity contribution in [2.75, 3.05) is 11.6 Å². The van der Waals surface area contributed by atoms with Gasteiger partial charge in [-0.3, -0.25) is 0 Å². The van der Waals surface area contributed by atoms with Gasteiger partial charge in [-0.25, -0.2) is 9.97 Å². The van der Waals surface area contributed by atoms with Gasteiger partial charge in [-0.05, 0) is 25.3 Å². The number of halogens is 1. The number of nitrogens with zero attached hydrogens (tertiary/aromatic N) is 2. The van der Waals surface area contributed by atoms with E-state index in [1.165, 1.54) is 4.90 Å². The molecule has 2 rings (SSSR count). The molecule has 0 amide bonds. The molecule has 1 aromatic carbocycles. The van der Waals surface area contributed by atoms with Crippen LogP contribution in [0.1, 0.15) is 5.82 Å². The Morgan fingerprint density at radius 3 is 2.71 bits per heavy atom. The zero-order valence-corrected chi connectivity index (χ0v) is 11.1. The topological polar surface area (TPSA) is 37.8 Å². The number of rotatable bonds is 3. The minimum atomic E-state index is 0.446. The third-order valence-corrected chi connectivity index (χ3v) is 3.17. The van der Waals surface area contributed by atoms with Crippen molar-refractivity contribution in [3.8, 4) is 0 Å². The van der Waals surface area contributed by atoms with Crippen molar-refractivity contribution in [2.24, 2.45) is 0 Å². The fraction of sp³-hybridized carbons (Fsp3) is 0.167. The van der Waals surface area contributed by atoms with E-state index in [0.29, 0.717) is 16.8 Å². The third kappa shape index (κ3) is 3.11. The largest absolute Gasteiger partial charge is 0.339 e. The monoisotopic (exact) mass is 265 g/mol. The van der Waals surface area contributed by atoms with Crippen LogP contribution in [-0.2, 0) is 0 Å². The van der Waals surface area contributed by atoms with Crippen molar-refractivity contribution in [2.45, 2.75) is 11.8 Å². The Labute approximate surface area is 110 Å². The highest BCUT2D eigenvalue weighted by Gasteiger charge is 2.03. The Morgan fingerprint density at radius 2 is 2.00 bits per heavy atom. The summed E-state index contributed by atoms with van der Waals surface area (Å²) in [4.78, 5) is 9.48. The molecule has 0 fully saturated rings. The lowest BCUT2D eigenvalue weighted by Crippen LogP contribution is -1.98. The van der Waals surface area contributed by atoms with Crippen LogP contribution in [0.15, 0.2) is 35.2 Å². The minimum Gasteiger partial charge on any atom is -0.339 e. The van der Waals surface area contributed by atoms with Crippen molar-refractivity contribution in [1.82, 2.24) is 9.97 Å². The molecule has 3 nitrogen and oxygen atoms in total. The van der Waals surface area contributed by atoms with Crippen LogP contribution in [0.25, 0.3) is 0 Å². The summed E-state index contributed by atoms with van der Waals surface area (Å²) in [5.41, 5.74) is 1.02. The Hall–Kier alpha value is -1.26. The Morgan fingerprint density at radius 1 is 1.24 bits per heavy atom. The van der Waals surface area contributed by atoms with Crippen LogP contribution in [0.4, 0.5) is 11.5 Å². The lowest BCUT2D eigenvalue weighted by Gasteiger charge is -2.10. The van der Waals surface area contributed by atoms with E-state index in [4.69, 9.17) is 11.6 Å². The maximum Gasteiger partial charge on any atom is 0.135 e. The van der Waals surface area contributed by atoms with Gasteiger partial charge in [0.1, 0.15) is 16.8 Å². The van der Waals surface area contributed by atoms with E-state index < -0.39 is 0 Å². The first-order chi connectivity index (χ1) is 8.19. The van der Waals surface area contributed by atoms with Crippen molar-refractivity contribution >= 4 is 34.9 Å². The van der Waals surface area contributed by atoms with E-state index in [9.17, 15) is 0 Å². The van der Waals surface area contributed by atoms with Crippen LogP contribution in [-0.4, -0.2) is 16.2 Å².